The Morgan fingerprint density at radius 2 is 1.67 bits per heavy atom. The van der Waals surface area contributed by atoms with Gasteiger partial charge in [-0.25, -0.2) is 0 Å². The molecule has 2 amide bonds. The van der Waals surface area contributed by atoms with Gasteiger partial charge in [0.25, 0.3) is 11.8 Å². The van der Waals surface area contributed by atoms with Gasteiger partial charge in [0, 0.05) is 30.6 Å². The van der Waals surface area contributed by atoms with E-state index in [9.17, 15) is 9.59 Å². The van der Waals surface area contributed by atoms with E-state index in [4.69, 9.17) is 9.84 Å². The van der Waals surface area contributed by atoms with Crippen molar-refractivity contribution >= 4 is 17.5 Å². The molecule has 3 aromatic carbocycles. The van der Waals surface area contributed by atoms with Crippen LogP contribution in [0, 0.1) is 0 Å². The fraction of sp³-hybridized carbons (Fsp3) is 0.115. The lowest BCUT2D eigenvalue weighted by molar-refractivity contribution is -0.122. The predicted octanol–water partition coefficient (Wildman–Crippen LogP) is 3.98. The van der Waals surface area contributed by atoms with Crippen LogP contribution in [0.5, 0.6) is 5.75 Å². The van der Waals surface area contributed by atoms with Gasteiger partial charge in [-0.15, -0.1) is 0 Å². The lowest BCUT2D eigenvalue weighted by Gasteiger charge is -2.09. The number of hydrogen-bond donors (Lipinski definition) is 2. The van der Waals surface area contributed by atoms with Gasteiger partial charge >= 0.3 is 0 Å². The maximum absolute atomic E-state index is 13.2. The Hall–Kier alpha value is -4.39. The Labute approximate surface area is 192 Å². The normalized spacial score (nSPS) is 10.5. The second-order valence-corrected chi connectivity index (χ2v) is 7.38. The van der Waals surface area contributed by atoms with Crippen LogP contribution in [0.3, 0.4) is 0 Å². The monoisotopic (exact) mass is 440 g/mol. The minimum Gasteiger partial charge on any atom is -0.484 e. The van der Waals surface area contributed by atoms with Crippen molar-refractivity contribution in [1.82, 2.24) is 15.1 Å². The third kappa shape index (κ3) is 5.65. The minimum absolute atomic E-state index is 0.0989. The predicted molar refractivity (Wildman–Crippen MR) is 127 cm³/mol. The van der Waals surface area contributed by atoms with Crippen LogP contribution in [0.15, 0.2) is 91.1 Å². The number of anilines is 1. The van der Waals surface area contributed by atoms with E-state index in [2.05, 4.69) is 10.6 Å². The average Bonchev–Trinajstić information content (AvgIpc) is 3.28. The number of likely N-dealkylation sites (N-methyl/N-ethyl adjacent to an activating group) is 1. The van der Waals surface area contributed by atoms with Crippen molar-refractivity contribution in [3.63, 3.8) is 0 Å². The maximum atomic E-state index is 13.2. The number of carbonyl (C=O) groups excluding carboxylic acids is 2. The Balaban J connectivity index is 1.58. The molecule has 4 rings (SSSR count). The van der Waals surface area contributed by atoms with Crippen LogP contribution < -0.4 is 15.4 Å². The fourth-order valence-corrected chi connectivity index (χ4v) is 3.33. The molecule has 166 valence electrons. The summed E-state index contributed by atoms with van der Waals surface area (Å²) in [5, 5.41) is 10.1. The van der Waals surface area contributed by atoms with Crippen LogP contribution in [-0.2, 0) is 11.3 Å². The number of nitrogens with zero attached hydrogens (tertiary/aromatic N) is 2. The number of amides is 2. The molecule has 7 heteroatoms. The molecule has 0 atom stereocenters. The van der Waals surface area contributed by atoms with Gasteiger partial charge in [-0.2, -0.15) is 5.10 Å². The first-order chi connectivity index (χ1) is 16.1. The lowest BCUT2D eigenvalue weighted by Crippen LogP contribution is -2.24. The van der Waals surface area contributed by atoms with Gasteiger partial charge in [-0.05, 0) is 17.7 Å². The third-order valence-corrected chi connectivity index (χ3v) is 4.98. The van der Waals surface area contributed by atoms with Crippen LogP contribution in [0.25, 0.3) is 11.3 Å². The summed E-state index contributed by atoms with van der Waals surface area (Å²) in [6.45, 7) is 0.453. The van der Waals surface area contributed by atoms with Gasteiger partial charge < -0.3 is 15.4 Å². The van der Waals surface area contributed by atoms with Crippen molar-refractivity contribution in [2.75, 3.05) is 19.0 Å². The van der Waals surface area contributed by atoms with Crippen LogP contribution in [0.2, 0.25) is 0 Å². The third-order valence-electron chi connectivity index (χ3n) is 4.98. The van der Waals surface area contributed by atoms with Crippen molar-refractivity contribution in [2.45, 2.75) is 6.54 Å². The molecule has 0 radical (unpaired) electrons. The van der Waals surface area contributed by atoms with Gasteiger partial charge in [-0.1, -0.05) is 66.7 Å². The summed E-state index contributed by atoms with van der Waals surface area (Å²) in [5.41, 5.74) is 3.58. The Morgan fingerprint density at radius 3 is 2.39 bits per heavy atom. The van der Waals surface area contributed by atoms with Crippen molar-refractivity contribution in [1.29, 1.82) is 0 Å². The highest BCUT2D eigenvalue weighted by Crippen LogP contribution is 2.24. The van der Waals surface area contributed by atoms with Gasteiger partial charge in [0.1, 0.15) is 11.4 Å². The molecule has 0 fully saturated rings. The number of nitrogens with one attached hydrogen (secondary N) is 2. The van der Waals surface area contributed by atoms with E-state index in [0.29, 0.717) is 29.2 Å². The number of hydrogen-bond acceptors (Lipinski definition) is 4. The summed E-state index contributed by atoms with van der Waals surface area (Å²) >= 11 is 0. The summed E-state index contributed by atoms with van der Waals surface area (Å²) in [6, 6.07) is 26.5. The molecule has 0 bridgehead atoms. The lowest BCUT2D eigenvalue weighted by atomic mass is 10.1. The van der Waals surface area contributed by atoms with Crippen LogP contribution in [-0.4, -0.2) is 35.2 Å². The molecule has 4 aromatic rings. The number of ether oxygens (including phenoxy) is 1. The molecule has 33 heavy (non-hydrogen) atoms. The summed E-state index contributed by atoms with van der Waals surface area (Å²) in [7, 11) is 1.55. The zero-order chi connectivity index (χ0) is 23.0. The first kappa shape index (κ1) is 21.8. The van der Waals surface area contributed by atoms with Gasteiger partial charge in [0.2, 0.25) is 0 Å². The van der Waals surface area contributed by atoms with Crippen LogP contribution in [0.4, 0.5) is 5.69 Å². The minimum atomic E-state index is -0.281. The highest BCUT2D eigenvalue weighted by atomic mass is 16.5. The smallest absolute Gasteiger partial charge is 0.259 e. The topological polar surface area (TPSA) is 85.3 Å². The second-order valence-electron chi connectivity index (χ2n) is 7.38. The number of carbonyl (C=O) groups is 2. The van der Waals surface area contributed by atoms with Gasteiger partial charge in [0.15, 0.2) is 6.61 Å². The Morgan fingerprint density at radius 1 is 0.939 bits per heavy atom. The number of rotatable bonds is 8. The van der Waals surface area contributed by atoms with Crippen LogP contribution in [0.1, 0.15) is 15.9 Å². The molecule has 2 N–H and O–H groups in total. The molecular formula is C26H24N4O3. The molecule has 0 unspecified atom stereocenters. The molecule has 0 saturated heterocycles. The summed E-state index contributed by atoms with van der Waals surface area (Å²) in [4.78, 5) is 24.7. The van der Waals surface area contributed by atoms with E-state index in [-0.39, 0.29) is 18.4 Å². The van der Waals surface area contributed by atoms with E-state index in [1.165, 1.54) is 0 Å². The van der Waals surface area contributed by atoms with Crippen molar-refractivity contribution in [3.8, 4) is 17.0 Å². The molecule has 0 saturated carbocycles. The molecule has 0 spiro atoms. The quantitative estimate of drug-likeness (QED) is 0.434. The summed E-state index contributed by atoms with van der Waals surface area (Å²) in [5.74, 6) is -0.0288. The molecule has 0 aliphatic carbocycles. The SMILES string of the molecule is CNC(=O)COc1cccc(NC(=O)c2cn(Cc3ccccc3)nc2-c2ccccc2)c1. The second kappa shape index (κ2) is 10.3. The standard InChI is InChI=1S/C26H24N4O3/c1-27-24(31)18-33-22-14-8-13-21(15-22)28-26(32)23-17-30(16-19-9-4-2-5-10-19)29-25(23)20-11-6-3-7-12-20/h2-15,17H,16,18H2,1H3,(H,27,31)(H,28,32). The molecular weight excluding hydrogens is 416 g/mol. The summed E-state index contributed by atoms with van der Waals surface area (Å²) < 4.78 is 7.24. The van der Waals surface area contributed by atoms with Crippen molar-refractivity contribution in [2.24, 2.45) is 0 Å². The van der Waals surface area contributed by atoms with E-state index in [1.54, 1.807) is 42.2 Å². The molecule has 0 aliphatic heterocycles. The van der Waals surface area contributed by atoms with E-state index >= 15 is 0 Å². The molecule has 7 nitrogen and oxygen atoms in total. The van der Waals surface area contributed by atoms with E-state index < -0.39 is 0 Å². The number of aromatic nitrogens is 2. The zero-order valence-electron chi connectivity index (χ0n) is 18.2. The van der Waals surface area contributed by atoms with E-state index in [1.807, 2.05) is 60.7 Å². The number of benzene rings is 3. The van der Waals surface area contributed by atoms with Gasteiger partial charge in [0.05, 0.1) is 12.1 Å². The summed E-state index contributed by atoms with van der Waals surface area (Å²) in [6.07, 6.45) is 1.76. The first-order valence-electron chi connectivity index (χ1n) is 10.5. The zero-order valence-corrected chi connectivity index (χ0v) is 18.2. The average molecular weight is 441 g/mol. The highest BCUT2D eigenvalue weighted by Gasteiger charge is 2.18. The van der Waals surface area contributed by atoms with Crippen molar-refractivity contribution in [3.05, 3.63) is 102 Å². The Kier molecular flexibility index (Phi) is 6.80. The highest BCUT2D eigenvalue weighted by molar-refractivity contribution is 6.08. The van der Waals surface area contributed by atoms with Crippen LogP contribution >= 0.6 is 0 Å². The fourth-order valence-electron chi connectivity index (χ4n) is 3.33. The Bertz CT molecular complexity index is 1240. The van der Waals surface area contributed by atoms with Gasteiger partial charge in [-0.3, -0.25) is 14.3 Å². The molecule has 1 aromatic heterocycles. The maximum Gasteiger partial charge on any atom is 0.259 e. The largest absolute Gasteiger partial charge is 0.484 e. The first-order valence-corrected chi connectivity index (χ1v) is 10.5. The molecule has 0 aliphatic rings. The van der Waals surface area contributed by atoms with E-state index in [0.717, 1.165) is 11.1 Å². The molecule has 1 heterocycles. The van der Waals surface area contributed by atoms with Crippen molar-refractivity contribution < 1.29 is 14.3 Å².